The Morgan fingerprint density at radius 3 is 2.66 bits per heavy atom. The number of ether oxygens (including phenoxy) is 1. The van der Waals surface area contributed by atoms with E-state index in [0.29, 0.717) is 16.8 Å². The lowest BCUT2D eigenvalue weighted by atomic mass is 10.0. The molecule has 2 heterocycles. The van der Waals surface area contributed by atoms with Gasteiger partial charge in [0.25, 0.3) is 5.91 Å². The van der Waals surface area contributed by atoms with Gasteiger partial charge in [0.05, 0.1) is 41.3 Å². The molecule has 1 aliphatic heterocycles. The maximum absolute atomic E-state index is 12.7. The van der Waals surface area contributed by atoms with Crippen LogP contribution in [0.2, 0.25) is 0 Å². The maximum atomic E-state index is 12.7. The van der Waals surface area contributed by atoms with Crippen LogP contribution < -0.4 is 5.32 Å². The van der Waals surface area contributed by atoms with Crippen LogP contribution in [-0.2, 0) is 9.53 Å². The van der Waals surface area contributed by atoms with E-state index in [1.807, 2.05) is 74.5 Å². The highest BCUT2D eigenvalue weighted by atomic mass is 16.5. The van der Waals surface area contributed by atoms with Crippen LogP contribution in [0.1, 0.15) is 19.4 Å². The maximum Gasteiger partial charge on any atom is 0.256 e. The first-order chi connectivity index (χ1) is 14.1. The molecule has 5 heteroatoms. The Balaban J connectivity index is 1.87. The van der Waals surface area contributed by atoms with Crippen LogP contribution >= 0.6 is 0 Å². The van der Waals surface area contributed by atoms with E-state index >= 15 is 0 Å². The van der Waals surface area contributed by atoms with Gasteiger partial charge in [-0.2, -0.15) is 0 Å². The first-order valence-electron chi connectivity index (χ1n) is 9.38. The number of hydrogen-bond donors (Lipinski definition) is 1. The Morgan fingerprint density at radius 2 is 1.93 bits per heavy atom. The van der Waals surface area contributed by atoms with Gasteiger partial charge in [-0.3, -0.25) is 9.78 Å². The van der Waals surface area contributed by atoms with Crippen molar-refractivity contribution in [1.29, 1.82) is 0 Å². The van der Waals surface area contributed by atoms with Crippen LogP contribution in [0.4, 0.5) is 5.69 Å². The standard InChI is InChI=1S/C24H21N3O2/c1-4-8-21(29-3)15(2)13-17-22-18(27-24(17)28)11-12-19-23(22)25-14-20(26-19)16-9-6-5-7-10-16/h4-14H,1-3H3,(H,27,28)/b8-4-,17-13-,21-15-. The van der Waals surface area contributed by atoms with Crippen molar-refractivity contribution in [2.24, 2.45) is 0 Å². The third-order valence-electron chi connectivity index (χ3n) is 4.83. The molecule has 1 N–H and O–H groups in total. The van der Waals surface area contributed by atoms with E-state index in [1.165, 1.54) is 0 Å². The Hall–Kier alpha value is -3.73. The van der Waals surface area contributed by atoms with Crippen molar-refractivity contribution in [3.05, 3.63) is 83.8 Å². The van der Waals surface area contributed by atoms with Crippen molar-refractivity contribution in [2.45, 2.75) is 13.8 Å². The molecule has 5 nitrogen and oxygen atoms in total. The number of benzene rings is 2. The topological polar surface area (TPSA) is 64.1 Å². The van der Waals surface area contributed by atoms with Crippen LogP contribution in [0, 0.1) is 0 Å². The highest BCUT2D eigenvalue weighted by molar-refractivity contribution is 6.34. The summed E-state index contributed by atoms with van der Waals surface area (Å²) in [6.07, 6.45) is 7.36. The van der Waals surface area contributed by atoms with Gasteiger partial charge in [0.15, 0.2) is 0 Å². The second kappa shape index (κ2) is 7.72. The van der Waals surface area contributed by atoms with Gasteiger partial charge in [-0.15, -0.1) is 0 Å². The smallest absolute Gasteiger partial charge is 0.256 e. The van der Waals surface area contributed by atoms with Crippen LogP contribution in [0.5, 0.6) is 0 Å². The number of hydrogen-bond acceptors (Lipinski definition) is 4. The fraction of sp³-hybridized carbons (Fsp3) is 0.125. The summed E-state index contributed by atoms with van der Waals surface area (Å²) in [6.45, 7) is 3.84. The minimum absolute atomic E-state index is 0.156. The largest absolute Gasteiger partial charge is 0.497 e. The zero-order valence-electron chi connectivity index (χ0n) is 16.6. The molecule has 0 radical (unpaired) electrons. The molecule has 0 fully saturated rings. The molecule has 0 bridgehead atoms. The molecule has 4 rings (SSSR count). The summed E-state index contributed by atoms with van der Waals surface area (Å²) in [6, 6.07) is 13.7. The lowest BCUT2D eigenvalue weighted by molar-refractivity contribution is -0.110. The van der Waals surface area contributed by atoms with E-state index in [2.05, 4.69) is 10.3 Å². The third-order valence-corrected chi connectivity index (χ3v) is 4.83. The lowest BCUT2D eigenvalue weighted by Crippen LogP contribution is -2.04. The third kappa shape index (κ3) is 3.43. The van der Waals surface area contributed by atoms with E-state index in [9.17, 15) is 4.79 Å². The predicted molar refractivity (Wildman–Crippen MR) is 116 cm³/mol. The van der Waals surface area contributed by atoms with E-state index in [1.54, 1.807) is 13.3 Å². The molecule has 0 saturated heterocycles. The predicted octanol–water partition coefficient (Wildman–Crippen LogP) is 5.13. The van der Waals surface area contributed by atoms with Crippen molar-refractivity contribution in [1.82, 2.24) is 9.97 Å². The molecule has 2 aromatic carbocycles. The molecule has 144 valence electrons. The lowest BCUT2D eigenvalue weighted by Gasteiger charge is -2.07. The number of carbonyl (C=O) groups is 1. The molecule has 29 heavy (non-hydrogen) atoms. The van der Waals surface area contributed by atoms with E-state index in [4.69, 9.17) is 9.72 Å². The molecule has 0 atom stereocenters. The average molecular weight is 383 g/mol. The normalized spacial score (nSPS) is 15.6. The van der Waals surface area contributed by atoms with Gasteiger partial charge in [0, 0.05) is 11.1 Å². The molecule has 0 unspecified atom stereocenters. The van der Waals surface area contributed by atoms with Gasteiger partial charge in [-0.1, -0.05) is 36.4 Å². The molecular formula is C24H21N3O2. The van der Waals surface area contributed by atoms with E-state index < -0.39 is 0 Å². The Bertz CT molecular complexity index is 1190. The number of nitrogens with zero attached hydrogens (tertiary/aromatic N) is 2. The van der Waals surface area contributed by atoms with Gasteiger partial charge in [0.1, 0.15) is 5.76 Å². The monoisotopic (exact) mass is 383 g/mol. The summed E-state index contributed by atoms with van der Waals surface area (Å²) >= 11 is 0. The number of fused-ring (bicyclic) bond motifs is 3. The number of amides is 1. The Morgan fingerprint density at radius 1 is 1.14 bits per heavy atom. The van der Waals surface area contributed by atoms with Crippen LogP contribution in [0.25, 0.3) is 27.9 Å². The second-order valence-electron chi connectivity index (χ2n) is 6.74. The number of rotatable bonds is 4. The number of carbonyl (C=O) groups excluding carboxylic acids is 1. The first-order valence-corrected chi connectivity index (χ1v) is 9.38. The number of nitrogens with one attached hydrogen (secondary N) is 1. The average Bonchev–Trinajstić information content (AvgIpc) is 3.07. The summed E-state index contributed by atoms with van der Waals surface area (Å²) < 4.78 is 5.43. The fourth-order valence-corrected chi connectivity index (χ4v) is 3.45. The molecule has 0 spiro atoms. The van der Waals surface area contributed by atoms with Crippen molar-refractivity contribution < 1.29 is 9.53 Å². The second-order valence-corrected chi connectivity index (χ2v) is 6.74. The molecule has 3 aromatic rings. The SMILES string of the molecule is C\C=C/C(OC)=C(C)/C=C1\C(=O)Nc2ccc3nc(-c4ccccc4)cnc3c21. The molecule has 0 aliphatic carbocycles. The van der Waals surface area contributed by atoms with Crippen molar-refractivity contribution in [3.8, 4) is 11.3 Å². The molecule has 1 amide bonds. The van der Waals surface area contributed by atoms with Crippen LogP contribution in [0.15, 0.2) is 78.2 Å². The quantitative estimate of drug-likeness (QED) is 0.385. The zero-order chi connectivity index (χ0) is 20.4. The number of allylic oxidation sites excluding steroid dienone is 4. The highest BCUT2D eigenvalue weighted by Crippen LogP contribution is 2.37. The molecule has 0 saturated carbocycles. The minimum Gasteiger partial charge on any atom is -0.497 e. The summed E-state index contributed by atoms with van der Waals surface area (Å²) in [4.78, 5) is 22.1. The van der Waals surface area contributed by atoms with Crippen LogP contribution in [0.3, 0.4) is 0 Å². The summed E-state index contributed by atoms with van der Waals surface area (Å²) in [7, 11) is 1.62. The molecular weight excluding hydrogens is 362 g/mol. The van der Waals surface area contributed by atoms with Gasteiger partial charge in [-0.25, -0.2) is 4.98 Å². The number of anilines is 1. The van der Waals surface area contributed by atoms with Crippen molar-refractivity contribution in [2.75, 3.05) is 12.4 Å². The first kappa shape index (κ1) is 18.6. The van der Waals surface area contributed by atoms with Crippen LogP contribution in [-0.4, -0.2) is 23.0 Å². The Labute approximate surface area is 169 Å². The molecule has 1 aromatic heterocycles. The van der Waals surface area contributed by atoms with Gasteiger partial charge in [-0.05, 0) is 43.7 Å². The van der Waals surface area contributed by atoms with Gasteiger partial charge >= 0.3 is 0 Å². The fourth-order valence-electron chi connectivity index (χ4n) is 3.45. The minimum atomic E-state index is -0.156. The van der Waals surface area contributed by atoms with E-state index in [-0.39, 0.29) is 5.91 Å². The number of aromatic nitrogens is 2. The number of methoxy groups -OCH3 is 1. The highest BCUT2D eigenvalue weighted by Gasteiger charge is 2.27. The molecule has 1 aliphatic rings. The zero-order valence-corrected chi connectivity index (χ0v) is 16.6. The van der Waals surface area contributed by atoms with Gasteiger partial charge in [0.2, 0.25) is 0 Å². The Kier molecular flexibility index (Phi) is 4.96. The van der Waals surface area contributed by atoms with Crippen molar-refractivity contribution >= 4 is 28.2 Å². The van der Waals surface area contributed by atoms with Gasteiger partial charge < -0.3 is 10.1 Å². The van der Waals surface area contributed by atoms with Crippen molar-refractivity contribution in [3.63, 3.8) is 0 Å². The summed E-state index contributed by atoms with van der Waals surface area (Å²) in [5.41, 5.74) is 6.18. The summed E-state index contributed by atoms with van der Waals surface area (Å²) in [5, 5.41) is 2.92. The van der Waals surface area contributed by atoms with E-state index in [0.717, 1.165) is 33.6 Å². The summed E-state index contributed by atoms with van der Waals surface area (Å²) in [5.74, 6) is 0.552.